The molecule has 4 heteroatoms. The Morgan fingerprint density at radius 3 is 2.77 bits per heavy atom. The third-order valence-corrected chi connectivity index (χ3v) is 2.26. The molecule has 2 aliphatic rings. The van der Waals surface area contributed by atoms with Crippen molar-refractivity contribution >= 4 is 5.91 Å². The highest BCUT2D eigenvalue weighted by Gasteiger charge is 2.27. The van der Waals surface area contributed by atoms with Crippen molar-refractivity contribution < 1.29 is 9.53 Å². The highest BCUT2D eigenvalue weighted by Crippen LogP contribution is 2.29. The minimum Gasteiger partial charge on any atom is -0.370 e. The molecular formula is C9H18N2O2. The lowest BCUT2D eigenvalue weighted by Crippen LogP contribution is -2.42. The summed E-state index contributed by atoms with van der Waals surface area (Å²) >= 11 is 0. The van der Waals surface area contributed by atoms with Gasteiger partial charge in [-0.15, -0.1) is 0 Å². The molecule has 0 aromatic rings. The Morgan fingerprint density at radius 2 is 2.23 bits per heavy atom. The van der Waals surface area contributed by atoms with Crippen molar-refractivity contribution in [3.63, 3.8) is 0 Å². The lowest BCUT2D eigenvalue weighted by atomic mass is 10.3. The molecular weight excluding hydrogens is 168 g/mol. The maximum atomic E-state index is 11.2. The van der Waals surface area contributed by atoms with Gasteiger partial charge in [-0.05, 0) is 25.8 Å². The highest BCUT2D eigenvalue weighted by atomic mass is 16.5. The smallest absolute Gasteiger partial charge is 0.248 e. The first-order valence-corrected chi connectivity index (χ1v) is 4.79. The Balaban J connectivity index is 0.000000396. The van der Waals surface area contributed by atoms with Crippen LogP contribution in [0, 0.1) is 5.92 Å². The predicted octanol–water partition coefficient (Wildman–Crippen LogP) is -0.170. The van der Waals surface area contributed by atoms with Crippen molar-refractivity contribution in [1.82, 2.24) is 4.90 Å². The van der Waals surface area contributed by atoms with E-state index in [1.807, 2.05) is 4.90 Å². The topological polar surface area (TPSA) is 55.6 Å². The molecule has 1 amide bonds. The molecule has 1 saturated heterocycles. The van der Waals surface area contributed by atoms with Gasteiger partial charge in [0.25, 0.3) is 0 Å². The van der Waals surface area contributed by atoms with Crippen molar-refractivity contribution in [2.75, 3.05) is 33.4 Å². The average Bonchev–Trinajstić information content (AvgIpc) is 2.96. The first-order valence-electron chi connectivity index (χ1n) is 4.79. The van der Waals surface area contributed by atoms with Crippen molar-refractivity contribution in [2.24, 2.45) is 11.7 Å². The van der Waals surface area contributed by atoms with E-state index in [2.05, 4.69) is 5.73 Å². The van der Waals surface area contributed by atoms with Crippen LogP contribution in [-0.2, 0) is 9.53 Å². The first kappa shape index (κ1) is 10.5. The van der Waals surface area contributed by atoms with Gasteiger partial charge >= 0.3 is 0 Å². The summed E-state index contributed by atoms with van der Waals surface area (Å²) in [7, 11) is 1.50. The van der Waals surface area contributed by atoms with Gasteiger partial charge in [-0.2, -0.15) is 0 Å². The third kappa shape index (κ3) is 3.32. The predicted molar refractivity (Wildman–Crippen MR) is 50.2 cm³/mol. The standard InChI is InChI=1S/C8H13NO2.CH5N/c10-8-6-11-4-3-9(8)5-7-1-2-7;1-2/h7H,1-6H2;2H2,1H3. The van der Waals surface area contributed by atoms with E-state index in [1.54, 1.807) is 0 Å². The fraction of sp³-hybridized carbons (Fsp3) is 0.889. The van der Waals surface area contributed by atoms with Gasteiger partial charge in [0.1, 0.15) is 6.61 Å². The SMILES string of the molecule is CN.O=C1COCCN1CC1CC1. The van der Waals surface area contributed by atoms with Crippen LogP contribution < -0.4 is 5.73 Å². The van der Waals surface area contributed by atoms with Crippen LogP contribution >= 0.6 is 0 Å². The zero-order chi connectivity index (χ0) is 9.68. The molecule has 0 aromatic heterocycles. The molecule has 0 radical (unpaired) electrons. The maximum Gasteiger partial charge on any atom is 0.248 e. The van der Waals surface area contributed by atoms with Crippen molar-refractivity contribution in [1.29, 1.82) is 0 Å². The molecule has 1 heterocycles. The average molecular weight is 186 g/mol. The zero-order valence-corrected chi connectivity index (χ0v) is 8.16. The van der Waals surface area contributed by atoms with Gasteiger partial charge in [-0.25, -0.2) is 0 Å². The van der Waals surface area contributed by atoms with E-state index in [9.17, 15) is 4.79 Å². The van der Waals surface area contributed by atoms with Crippen molar-refractivity contribution in [3.05, 3.63) is 0 Å². The largest absolute Gasteiger partial charge is 0.370 e. The van der Waals surface area contributed by atoms with E-state index in [0.717, 1.165) is 25.6 Å². The van der Waals surface area contributed by atoms with Crippen LogP contribution in [0.3, 0.4) is 0 Å². The number of carbonyl (C=O) groups is 1. The Morgan fingerprint density at radius 1 is 1.54 bits per heavy atom. The Labute approximate surface area is 79.0 Å². The van der Waals surface area contributed by atoms with E-state index in [0.29, 0.717) is 6.61 Å². The van der Waals surface area contributed by atoms with E-state index in [4.69, 9.17) is 4.74 Å². The van der Waals surface area contributed by atoms with Crippen LogP contribution in [0.15, 0.2) is 0 Å². The second kappa shape index (κ2) is 5.19. The summed E-state index contributed by atoms with van der Waals surface area (Å²) in [5, 5.41) is 0. The van der Waals surface area contributed by atoms with Gasteiger partial charge in [0.05, 0.1) is 6.61 Å². The van der Waals surface area contributed by atoms with Crippen molar-refractivity contribution in [2.45, 2.75) is 12.8 Å². The van der Waals surface area contributed by atoms with Gasteiger partial charge in [0, 0.05) is 13.1 Å². The van der Waals surface area contributed by atoms with Gasteiger partial charge in [0.2, 0.25) is 5.91 Å². The third-order valence-electron chi connectivity index (χ3n) is 2.26. The fourth-order valence-corrected chi connectivity index (χ4v) is 1.36. The molecule has 0 bridgehead atoms. The van der Waals surface area contributed by atoms with Crippen LogP contribution in [0.2, 0.25) is 0 Å². The number of carbonyl (C=O) groups excluding carboxylic acids is 1. The molecule has 1 aliphatic heterocycles. The van der Waals surface area contributed by atoms with E-state index < -0.39 is 0 Å². The van der Waals surface area contributed by atoms with Crippen LogP contribution in [0.5, 0.6) is 0 Å². The first-order chi connectivity index (χ1) is 6.36. The van der Waals surface area contributed by atoms with E-state index in [1.165, 1.54) is 19.9 Å². The monoisotopic (exact) mass is 186 g/mol. The molecule has 1 aliphatic carbocycles. The number of nitrogens with zero attached hydrogens (tertiary/aromatic N) is 1. The second-order valence-electron chi connectivity index (χ2n) is 3.34. The Hall–Kier alpha value is -0.610. The lowest BCUT2D eigenvalue weighted by Gasteiger charge is -2.26. The number of ether oxygens (including phenoxy) is 1. The van der Waals surface area contributed by atoms with E-state index >= 15 is 0 Å². The zero-order valence-electron chi connectivity index (χ0n) is 8.16. The van der Waals surface area contributed by atoms with Gasteiger partial charge in [-0.1, -0.05) is 0 Å². The molecule has 0 spiro atoms. The summed E-state index contributed by atoms with van der Waals surface area (Å²) < 4.78 is 5.02. The van der Waals surface area contributed by atoms with Gasteiger partial charge in [-0.3, -0.25) is 4.79 Å². The molecule has 2 N–H and O–H groups in total. The number of hydrogen-bond acceptors (Lipinski definition) is 3. The molecule has 4 nitrogen and oxygen atoms in total. The molecule has 0 atom stereocenters. The molecule has 13 heavy (non-hydrogen) atoms. The van der Waals surface area contributed by atoms with Gasteiger partial charge < -0.3 is 15.4 Å². The minimum atomic E-state index is 0.170. The Bertz CT molecular complexity index is 169. The molecule has 2 fully saturated rings. The molecule has 0 aromatic carbocycles. The molecule has 1 saturated carbocycles. The lowest BCUT2D eigenvalue weighted by molar-refractivity contribution is -0.142. The molecule has 2 rings (SSSR count). The quantitative estimate of drug-likeness (QED) is 0.651. The Kier molecular flexibility index (Phi) is 4.18. The number of morpholine rings is 1. The summed E-state index contributed by atoms with van der Waals surface area (Å²) in [4.78, 5) is 13.1. The number of amides is 1. The molecule has 76 valence electrons. The summed E-state index contributed by atoms with van der Waals surface area (Å²) in [6.45, 7) is 2.79. The number of hydrogen-bond donors (Lipinski definition) is 1. The van der Waals surface area contributed by atoms with Crippen LogP contribution in [0.4, 0.5) is 0 Å². The van der Waals surface area contributed by atoms with Crippen LogP contribution in [-0.4, -0.2) is 44.2 Å². The summed E-state index contributed by atoms with van der Waals surface area (Å²) in [5.41, 5.74) is 4.50. The number of rotatable bonds is 2. The van der Waals surface area contributed by atoms with Crippen LogP contribution in [0.1, 0.15) is 12.8 Å². The highest BCUT2D eigenvalue weighted by molar-refractivity contribution is 5.78. The van der Waals surface area contributed by atoms with Crippen LogP contribution in [0.25, 0.3) is 0 Å². The summed E-state index contributed by atoms with van der Waals surface area (Å²) in [6.07, 6.45) is 2.62. The van der Waals surface area contributed by atoms with Crippen molar-refractivity contribution in [3.8, 4) is 0 Å². The summed E-state index contributed by atoms with van der Waals surface area (Å²) in [5.74, 6) is 0.972. The normalized spacial score (nSPS) is 22.3. The second-order valence-corrected chi connectivity index (χ2v) is 3.34. The minimum absolute atomic E-state index is 0.170. The maximum absolute atomic E-state index is 11.2. The van der Waals surface area contributed by atoms with E-state index in [-0.39, 0.29) is 5.91 Å². The molecule has 0 unspecified atom stereocenters. The van der Waals surface area contributed by atoms with Gasteiger partial charge in [0.15, 0.2) is 0 Å². The number of nitrogens with two attached hydrogens (primary N) is 1. The summed E-state index contributed by atoms with van der Waals surface area (Å²) in [6, 6.07) is 0. The fourth-order valence-electron chi connectivity index (χ4n) is 1.36.